The lowest BCUT2D eigenvalue weighted by Crippen LogP contribution is -2.11. The molecule has 2 nitrogen and oxygen atoms in total. The molecule has 0 aliphatic rings. The molecule has 1 heterocycles. The molecule has 64 valence electrons. The van der Waals surface area contributed by atoms with E-state index >= 15 is 0 Å². The van der Waals surface area contributed by atoms with Crippen molar-refractivity contribution in [3.05, 3.63) is 41.2 Å². The van der Waals surface area contributed by atoms with Crippen LogP contribution < -0.4 is 5.73 Å². The van der Waals surface area contributed by atoms with E-state index in [2.05, 4.69) is 27.5 Å². The topological polar surface area (TPSA) is 38.9 Å². The molecule has 0 aliphatic carbocycles. The highest BCUT2D eigenvalue weighted by Gasteiger charge is 2.08. The van der Waals surface area contributed by atoms with Crippen molar-refractivity contribution in [2.45, 2.75) is 12.5 Å². The smallest absolute Gasteiger partial charge is 0.0715 e. The molecule has 12 heavy (non-hydrogen) atoms. The zero-order valence-corrected chi connectivity index (χ0v) is 8.29. The van der Waals surface area contributed by atoms with Crippen molar-refractivity contribution in [2.24, 2.45) is 5.73 Å². The molecule has 1 unspecified atom stereocenters. The second-order valence-corrected chi connectivity index (χ2v) is 3.36. The molecule has 0 fully saturated rings. The molecular weight excluding hydrogens is 216 g/mol. The Morgan fingerprint density at radius 3 is 3.08 bits per heavy atom. The number of nitrogens with zero attached hydrogens (tertiary/aromatic N) is 1. The van der Waals surface area contributed by atoms with Gasteiger partial charge in [0.1, 0.15) is 0 Å². The van der Waals surface area contributed by atoms with E-state index in [1.54, 1.807) is 12.3 Å². The minimum atomic E-state index is -0.0573. The van der Waals surface area contributed by atoms with Crippen LogP contribution in [0.5, 0.6) is 0 Å². The average molecular weight is 227 g/mol. The summed E-state index contributed by atoms with van der Waals surface area (Å²) in [5, 5.41) is 0. The fourth-order valence-corrected chi connectivity index (χ4v) is 1.51. The molecule has 0 aliphatic heterocycles. The van der Waals surface area contributed by atoms with Crippen molar-refractivity contribution in [1.82, 2.24) is 4.98 Å². The molecule has 0 radical (unpaired) electrons. The Hall–Kier alpha value is -0.670. The summed E-state index contributed by atoms with van der Waals surface area (Å²) in [7, 11) is 0. The van der Waals surface area contributed by atoms with E-state index in [9.17, 15) is 0 Å². The van der Waals surface area contributed by atoms with Crippen molar-refractivity contribution in [1.29, 1.82) is 0 Å². The molecule has 0 saturated heterocycles. The van der Waals surface area contributed by atoms with E-state index in [1.165, 1.54) is 0 Å². The lowest BCUT2D eigenvalue weighted by molar-refractivity contribution is 0.709. The van der Waals surface area contributed by atoms with Gasteiger partial charge in [-0.15, -0.1) is 6.58 Å². The molecular formula is C9H11BrN2. The summed E-state index contributed by atoms with van der Waals surface area (Å²) in [6, 6.07) is 3.75. The van der Waals surface area contributed by atoms with Crippen LogP contribution in [0.3, 0.4) is 0 Å². The van der Waals surface area contributed by atoms with Crippen molar-refractivity contribution in [2.75, 3.05) is 0 Å². The van der Waals surface area contributed by atoms with Crippen molar-refractivity contribution >= 4 is 15.9 Å². The molecule has 1 atom stereocenters. The summed E-state index contributed by atoms with van der Waals surface area (Å²) in [6.45, 7) is 3.63. The Kier molecular flexibility index (Phi) is 3.44. The van der Waals surface area contributed by atoms with Crippen LogP contribution in [0.25, 0.3) is 0 Å². The van der Waals surface area contributed by atoms with Crippen LogP contribution in [0.1, 0.15) is 18.2 Å². The molecule has 1 aromatic heterocycles. The van der Waals surface area contributed by atoms with Gasteiger partial charge >= 0.3 is 0 Å². The normalized spacial score (nSPS) is 12.5. The highest BCUT2D eigenvalue weighted by atomic mass is 79.9. The Morgan fingerprint density at radius 1 is 1.75 bits per heavy atom. The first-order chi connectivity index (χ1) is 5.75. The maximum Gasteiger partial charge on any atom is 0.0715 e. The van der Waals surface area contributed by atoms with Gasteiger partial charge < -0.3 is 5.73 Å². The van der Waals surface area contributed by atoms with Crippen molar-refractivity contribution in [3.8, 4) is 0 Å². The third-order valence-corrected chi connectivity index (χ3v) is 2.23. The number of nitrogens with two attached hydrogens (primary N) is 1. The number of hydrogen-bond donors (Lipinski definition) is 1. The van der Waals surface area contributed by atoms with Crippen LogP contribution >= 0.6 is 15.9 Å². The molecule has 1 aromatic rings. The van der Waals surface area contributed by atoms with Crippen LogP contribution in [0, 0.1) is 0 Å². The molecule has 3 heteroatoms. The van der Waals surface area contributed by atoms with Gasteiger partial charge in [-0.05, 0) is 34.5 Å². The van der Waals surface area contributed by atoms with Crippen LogP contribution in [0.2, 0.25) is 0 Å². The number of halogens is 1. The second-order valence-electron chi connectivity index (χ2n) is 2.50. The zero-order chi connectivity index (χ0) is 8.97. The predicted molar refractivity (Wildman–Crippen MR) is 53.7 cm³/mol. The predicted octanol–water partition coefficient (Wildman–Crippen LogP) is 2.42. The first kappa shape index (κ1) is 9.42. The highest BCUT2D eigenvalue weighted by molar-refractivity contribution is 9.10. The molecule has 1 rings (SSSR count). The quantitative estimate of drug-likeness (QED) is 0.805. The van der Waals surface area contributed by atoms with E-state index in [0.717, 1.165) is 16.6 Å². The first-order valence-electron chi connectivity index (χ1n) is 3.72. The van der Waals surface area contributed by atoms with Gasteiger partial charge in [0.25, 0.3) is 0 Å². The Bertz CT molecular complexity index is 273. The van der Waals surface area contributed by atoms with Crippen LogP contribution in [-0.4, -0.2) is 4.98 Å². The third-order valence-electron chi connectivity index (χ3n) is 1.56. The van der Waals surface area contributed by atoms with Gasteiger partial charge in [-0.3, -0.25) is 4.98 Å². The lowest BCUT2D eigenvalue weighted by Gasteiger charge is -2.09. The standard InChI is InChI=1S/C9H11BrN2/c1-2-4-8(11)9-7(10)5-3-6-12-9/h2-3,5-6,8H,1,4,11H2. The summed E-state index contributed by atoms with van der Waals surface area (Å²) >= 11 is 3.39. The number of pyridine rings is 1. The number of rotatable bonds is 3. The minimum absolute atomic E-state index is 0.0573. The molecule has 0 amide bonds. The average Bonchev–Trinajstić information content (AvgIpc) is 2.05. The summed E-state index contributed by atoms with van der Waals surface area (Å²) in [4.78, 5) is 4.18. The second kappa shape index (κ2) is 4.38. The summed E-state index contributed by atoms with van der Waals surface area (Å²) in [6.07, 6.45) is 4.28. The Morgan fingerprint density at radius 2 is 2.50 bits per heavy atom. The number of hydrogen-bond acceptors (Lipinski definition) is 2. The summed E-state index contributed by atoms with van der Waals surface area (Å²) < 4.78 is 0.958. The van der Waals surface area contributed by atoms with E-state index in [4.69, 9.17) is 5.73 Å². The van der Waals surface area contributed by atoms with E-state index < -0.39 is 0 Å². The van der Waals surface area contributed by atoms with Crippen LogP contribution in [0.15, 0.2) is 35.5 Å². The first-order valence-corrected chi connectivity index (χ1v) is 4.52. The minimum Gasteiger partial charge on any atom is -0.322 e. The van der Waals surface area contributed by atoms with Gasteiger partial charge in [0, 0.05) is 10.7 Å². The fraction of sp³-hybridized carbons (Fsp3) is 0.222. The maximum atomic E-state index is 5.84. The van der Waals surface area contributed by atoms with Gasteiger partial charge in [-0.2, -0.15) is 0 Å². The summed E-state index contributed by atoms with van der Waals surface area (Å²) in [5.41, 5.74) is 6.73. The fourth-order valence-electron chi connectivity index (χ4n) is 0.962. The van der Waals surface area contributed by atoms with Gasteiger partial charge in [0.15, 0.2) is 0 Å². The SMILES string of the molecule is C=CCC(N)c1ncccc1Br. The highest BCUT2D eigenvalue weighted by Crippen LogP contribution is 2.20. The molecule has 0 spiro atoms. The van der Waals surface area contributed by atoms with Crippen molar-refractivity contribution in [3.63, 3.8) is 0 Å². The molecule has 2 N–H and O–H groups in total. The summed E-state index contributed by atoms with van der Waals surface area (Å²) in [5.74, 6) is 0. The molecule has 0 bridgehead atoms. The zero-order valence-electron chi connectivity index (χ0n) is 6.70. The molecule has 0 saturated carbocycles. The van der Waals surface area contributed by atoms with Gasteiger partial charge in [-0.1, -0.05) is 6.08 Å². The maximum absolute atomic E-state index is 5.84. The number of aromatic nitrogens is 1. The Balaban J connectivity index is 2.86. The van der Waals surface area contributed by atoms with E-state index in [0.29, 0.717) is 0 Å². The third kappa shape index (κ3) is 2.16. The molecule has 0 aromatic carbocycles. The lowest BCUT2D eigenvalue weighted by atomic mass is 10.1. The monoisotopic (exact) mass is 226 g/mol. The van der Waals surface area contributed by atoms with E-state index in [-0.39, 0.29) is 6.04 Å². The van der Waals surface area contributed by atoms with Crippen molar-refractivity contribution < 1.29 is 0 Å². The van der Waals surface area contributed by atoms with Gasteiger partial charge in [0.05, 0.1) is 11.7 Å². The van der Waals surface area contributed by atoms with Gasteiger partial charge in [0.2, 0.25) is 0 Å². The van der Waals surface area contributed by atoms with E-state index in [1.807, 2.05) is 12.1 Å². The van der Waals surface area contributed by atoms with Crippen LogP contribution in [0.4, 0.5) is 0 Å². The largest absolute Gasteiger partial charge is 0.322 e. The van der Waals surface area contributed by atoms with Gasteiger partial charge in [-0.25, -0.2) is 0 Å². The Labute approximate surface area is 80.6 Å². The van der Waals surface area contributed by atoms with Crippen LogP contribution in [-0.2, 0) is 0 Å².